The molecule has 0 aromatic carbocycles. The van der Waals surface area contributed by atoms with Crippen LogP contribution in [-0.2, 0) is 19.0 Å². The van der Waals surface area contributed by atoms with Gasteiger partial charge in [-0.2, -0.15) is 0 Å². The molecule has 2 N–H and O–H groups in total. The lowest BCUT2D eigenvalue weighted by Gasteiger charge is -2.35. The Hall–Kier alpha value is -0.690. The highest BCUT2D eigenvalue weighted by Crippen LogP contribution is 2.18. The molecule has 0 aromatic rings. The van der Waals surface area contributed by atoms with Crippen molar-refractivity contribution < 1.29 is 29.2 Å². The summed E-state index contributed by atoms with van der Waals surface area (Å²) in [6.07, 6.45) is -4.11. The molecule has 0 saturated carbocycles. The van der Waals surface area contributed by atoms with Gasteiger partial charge in [0.05, 0.1) is 6.61 Å². The number of ether oxygens (including phenoxy) is 3. The van der Waals surface area contributed by atoms with E-state index in [2.05, 4.69) is 0 Å². The van der Waals surface area contributed by atoms with E-state index in [1.807, 2.05) is 0 Å². The quantitative estimate of drug-likeness (QED) is 0.543. The summed E-state index contributed by atoms with van der Waals surface area (Å²) >= 11 is 0. The molecule has 1 heterocycles. The lowest BCUT2D eigenvalue weighted by molar-refractivity contribution is -0.265. The van der Waals surface area contributed by atoms with Crippen LogP contribution in [0, 0.1) is 0 Å². The first-order chi connectivity index (χ1) is 6.56. The molecule has 0 aliphatic carbocycles. The molecule has 1 aliphatic heterocycles. The Morgan fingerprint density at radius 1 is 1.43 bits per heavy atom. The topological polar surface area (TPSA) is 85.2 Å². The summed E-state index contributed by atoms with van der Waals surface area (Å²) in [7, 11) is 1.35. The van der Waals surface area contributed by atoms with Gasteiger partial charge in [-0.1, -0.05) is 0 Å². The van der Waals surface area contributed by atoms with E-state index in [4.69, 9.17) is 14.2 Å². The molecule has 0 spiro atoms. The average Bonchev–Trinajstić information content (AvgIpc) is 2.13. The number of methoxy groups -OCH3 is 1. The highest BCUT2D eigenvalue weighted by Gasteiger charge is 2.40. The van der Waals surface area contributed by atoms with Crippen molar-refractivity contribution in [3.05, 3.63) is 0 Å². The van der Waals surface area contributed by atoms with Gasteiger partial charge in [-0.25, -0.2) is 0 Å². The maximum Gasteiger partial charge on any atom is 0.303 e. The predicted octanol–water partition coefficient (Wildman–Crippen LogP) is -1.36. The van der Waals surface area contributed by atoms with Gasteiger partial charge in [-0.15, -0.1) is 0 Å². The number of aliphatic hydroxyl groups excluding tert-OH is 2. The van der Waals surface area contributed by atoms with Gasteiger partial charge in [0.25, 0.3) is 0 Å². The van der Waals surface area contributed by atoms with Gasteiger partial charge in [0.15, 0.2) is 12.4 Å². The van der Waals surface area contributed by atoms with E-state index in [1.54, 1.807) is 0 Å². The second-order valence-corrected chi connectivity index (χ2v) is 3.07. The van der Waals surface area contributed by atoms with Crippen LogP contribution < -0.4 is 0 Å². The Kier molecular flexibility index (Phi) is 3.82. The van der Waals surface area contributed by atoms with Gasteiger partial charge >= 0.3 is 5.97 Å². The Labute approximate surface area is 81.4 Å². The van der Waals surface area contributed by atoms with Gasteiger partial charge in [0.2, 0.25) is 0 Å². The predicted molar refractivity (Wildman–Crippen MR) is 44.3 cm³/mol. The highest BCUT2D eigenvalue weighted by atomic mass is 16.7. The first-order valence-electron chi connectivity index (χ1n) is 4.24. The van der Waals surface area contributed by atoms with E-state index in [1.165, 1.54) is 14.0 Å². The molecule has 14 heavy (non-hydrogen) atoms. The molecule has 0 amide bonds. The van der Waals surface area contributed by atoms with Crippen molar-refractivity contribution in [3.63, 3.8) is 0 Å². The molecule has 0 aromatic heterocycles. The zero-order chi connectivity index (χ0) is 10.7. The van der Waals surface area contributed by atoms with Crippen molar-refractivity contribution in [2.45, 2.75) is 31.5 Å². The van der Waals surface area contributed by atoms with Crippen LogP contribution in [0.3, 0.4) is 0 Å². The first kappa shape index (κ1) is 11.4. The van der Waals surface area contributed by atoms with Crippen LogP contribution in [0.4, 0.5) is 0 Å². The number of hydrogen-bond acceptors (Lipinski definition) is 6. The van der Waals surface area contributed by atoms with Crippen LogP contribution in [0.25, 0.3) is 0 Å². The fraction of sp³-hybridized carbons (Fsp3) is 0.875. The zero-order valence-corrected chi connectivity index (χ0v) is 8.04. The number of esters is 1. The molecule has 82 valence electrons. The highest BCUT2D eigenvalue weighted by molar-refractivity contribution is 5.66. The van der Waals surface area contributed by atoms with E-state index in [0.29, 0.717) is 0 Å². The summed E-state index contributed by atoms with van der Waals surface area (Å²) in [5.74, 6) is -0.527. The number of hydrogen-bond donors (Lipinski definition) is 2. The summed E-state index contributed by atoms with van der Waals surface area (Å²) < 4.78 is 14.5. The smallest absolute Gasteiger partial charge is 0.303 e. The van der Waals surface area contributed by atoms with E-state index in [-0.39, 0.29) is 6.61 Å². The fourth-order valence-corrected chi connectivity index (χ4v) is 1.29. The molecular weight excluding hydrogens is 192 g/mol. The minimum Gasteiger partial charge on any atom is -0.457 e. The molecule has 0 radical (unpaired) electrons. The molecule has 1 aliphatic rings. The van der Waals surface area contributed by atoms with E-state index in [0.717, 1.165) is 0 Å². The second-order valence-electron chi connectivity index (χ2n) is 3.07. The summed E-state index contributed by atoms with van der Waals surface area (Å²) in [6.45, 7) is 1.23. The van der Waals surface area contributed by atoms with Crippen molar-refractivity contribution >= 4 is 5.97 Å². The molecule has 1 rings (SSSR count). The van der Waals surface area contributed by atoms with Crippen molar-refractivity contribution in [2.75, 3.05) is 13.7 Å². The molecule has 1 fully saturated rings. The van der Waals surface area contributed by atoms with Crippen LogP contribution in [-0.4, -0.2) is 54.5 Å². The molecule has 0 unspecified atom stereocenters. The normalized spacial score (nSPS) is 38.0. The van der Waals surface area contributed by atoms with Gasteiger partial charge in [0, 0.05) is 14.0 Å². The maximum absolute atomic E-state index is 10.6. The van der Waals surface area contributed by atoms with Gasteiger partial charge in [-0.3, -0.25) is 4.79 Å². The van der Waals surface area contributed by atoms with Crippen LogP contribution in [0.15, 0.2) is 0 Å². The summed E-state index contributed by atoms with van der Waals surface area (Å²) in [5.41, 5.74) is 0. The fourth-order valence-electron chi connectivity index (χ4n) is 1.29. The molecule has 0 bridgehead atoms. The molecule has 4 atom stereocenters. The number of carbonyl (C=O) groups is 1. The van der Waals surface area contributed by atoms with E-state index < -0.39 is 30.6 Å². The lowest BCUT2D eigenvalue weighted by atomic mass is 10.1. The monoisotopic (exact) mass is 206 g/mol. The Balaban J connectivity index is 2.54. The largest absolute Gasteiger partial charge is 0.457 e. The van der Waals surface area contributed by atoms with Gasteiger partial charge in [-0.05, 0) is 0 Å². The van der Waals surface area contributed by atoms with Crippen molar-refractivity contribution in [3.8, 4) is 0 Å². The number of aliphatic hydroxyl groups is 2. The summed E-state index contributed by atoms with van der Waals surface area (Å²) in [5, 5.41) is 18.9. The standard InChI is InChI=1S/C8H14O6/c1-4(9)14-5-3-13-8(12-2)7(11)6(5)10/h5-8,10-11H,3H2,1-2H3/t5-,6-,7+,8-/m0/s1. The minimum absolute atomic E-state index is 0.0102. The Morgan fingerprint density at radius 3 is 2.57 bits per heavy atom. The van der Waals surface area contributed by atoms with E-state index >= 15 is 0 Å². The maximum atomic E-state index is 10.6. The summed E-state index contributed by atoms with van der Waals surface area (Å²) in [4.78, 5) is 10.6. The minimum atomic E-state index is -1.21. The SMILES string of the molecule is CO[C@H]1OC[C@H](OC(C)=O)[C@H](O)[C@H]1O. The van der Waals surface area contributed by atoms with E-state index in [9.17, 15) is 15.0 Å². The van der Waals surface area contributed by atoms with Crippen LogP contribution >= 0.6 is 0 Å². The molecular formula is C8H14O6. The third kappa shape index (κ3) is 2.42. The number of rotatable bonds is 2. The first-order valence-corrected chi connectivity index (χ1v) is 4.24. The molecule has 1 saturated heterocycles. The van der Waals surface area contributed by atoms with Crippen LogP contribution in [0.2, 0.25) is 0 Å². The van der Waals surface area contributed by atoms with Gasteiger partial charge in [0.1, 0.15) is 12.2 Å². The molecule has 6 heteroatoms. The average molecular weight is 206 g/mol. The third-order valence-electron chi connectivity index (χ3n) is 1.98. The van der Waals surface area contributed by atoms with Crippen LogP contribution in [0.1, 0.15) is 6.92 Å². The van der Waals surface area contributed by atoms with Crippen molar-refractivity contribution in [1.29, 1.82) is 0 Å². The third-order valence-corrected chi connectivity index (χ3v) is 1.98. The molecule has 6 nitrogen and oxygen atoms in total. The van der Waals surface area contributed by atoms with Crippen LogP contribution in [0.5, 0.6) is 0 Å². The van der Waals surface area contributed by atoms with Crippen molar-refractivity contribution in [2.24, 2.45) is 0 Å². The zero-order valence-electron chi connectivity index (χ0n) is 8.04. The summed E-state index contributed by atoms with van der Waals surface area (Å²) in [6, 6.07) is 0. The van der Waals surface area contributed by atoms with Crippen molar-refractivity contribution in [1.82, 2.24) is 0 Å². The Morgan fingerprint density at radius 2 is 2.07 bits per heavy atom. The lowest BCUT2D eigenvalue weighted by Crippen LogP contribution is -2.54. The number of carbonyl (C=O) groups excluding carboxylic acids is 1. The van der Waals surface area contributed by atoms with Gasteiger partial charge < -0.3 is 24.4 Å². The Bertz CT molecular complexity index is 206. The second kappa shape index (κ2) is 4.70.